The van der Waals surface area contributed by atoms with E-state index in [-0.39, 0.29) is 0 Å². The van der Waals surface area contributed by atoms with Gasteiger partial charge in [-0.2, -0.15) is 5.10 Å². The standard InChI is InChI=1S/C15H16N4/c1-10-7-11(2)19(18-10)9-12-8-14(16)13-5-3-4-6-15(13)17-12/h3-8H,9H2,1-2H3,(H2,16,17). The summed E-state index contributed by atoms with van der Waals surface area (Å²) in [5.41, 5.74) is 10.9. The molecule has 1 aromatic carbocycles. The summed E-state index contributed by atoms with van der Waals surface area (Å²) >= 11 is 0. The van der Waals surface area contributed by atoms with Crippen molar-refractivity contribution in [3.05, 3.63) is 53.5 Å². The number of benzene rings is 1. The van der Waals surface area contributed by atoms with Crippen LogP contribution in [-0.4, -0.2) is 14.8 Å². The van der Waals surface area contributed by atoms with Gasteiger partial charge >= 0.3 is 0 Å². The lowest BCUT2D eigenvalue weighted by Crippen LogP contribution is -2.06. The van der Waals surface area contributed by atoms with E-state index >= 15 is 0 Å². The zero-order valence-electron chi connectivity index (χ0n) is 11.1. The summed E-state index contributed by atoms with van der Waals surface area (Å²) in [6.45, 7) is 4.69. The van der Waals surface area contributed by atoms with Crippen molar-refractivity contribution in [1.29, 1.82) is 0 Å². The number of pyridine rings is 1. The summed E-state index contributed by atoms with van der Waals surface area (Å²) in [6, 6.07) is 11.9. The molecule has 0 bridgehead atoms. The molecule has 0 radical (unpaired) electrons. The third-order valence-electron chi connectivity index (χ3n) is 3.22. The van der Waals surface area contributed by atoms with Crippen molar-refractivity contribution in [1.82, 2.24) is 14.8 Å². The van der Waals surface area contributed by atoms with Crippen molar-refractivity contribution >= 4 is 16.6 Å². The van der Waals surface area contributed by atoms with Gasteiger partial charge in [0.2, 0.25) is 0 Å². The van der Waals surface area contributed by atoms with E-state index in [1.54, 1.807) is 0 Å². The van der Waals surface area contributed by atoms with E-state index in [4.69, 9.17) is 5.73 Å². The van der Waals surface area contributed by atoms with Gasteiger partial charge < -0.3 is 5.73 Å². The van der Waals surface area contributed by atoms with Crippen LogP contribution in [0.5, 0.6) is 0 Å². The lowest BCUT2D eigenvalue weighted by atomic mass is 10.1. The number of hydrogen-bond acceptors (Lipinski definition) is 3. The highest BCUT2D eigenvalue weighted by atomic mass is 15.3. The van der Waals surface area contributed by atoms with Crippen molar-refractivity contribution < 1.29 is 0 Å². The minimum absolute atomic E-state index is 0.648. The predicted molar refractivity (Wildman–Crippen MR) is 77.0 cm³/mol. The van der Waals surface area contributed by atoms with Crippen molar-refractivity contribution in [2.75, 3.05) is 5.73 Å². The molecule has 0 saturated carbocycles. The summed E-state index contributed by atoms with van der Waals surface area (Å²) < 4.78 is 1.95. The zero-order chi connectivity index (χ0) is 13.4. The van der Waals surface area contributed by atoms with Gasteiger partial charge in [-0.3, -0.25) is 9.67 Å². The molecule has 0 aliphatic carbocycles. The van der Waals surface area contributed by atoms with Crippen LogP contribution in [0.4, 0.5) is 5.69 Å². The SMILES string of the molecule is Cc1cc(C)n(Cc2cc(N)c3ccccc3n2)n1. The monoisotopic (exact) mass is 252 g/mol. The summed E-state index contributed by atoms with van der Waals surface area (Å²) in [6.07, 6.45) is 0. The van der Waals surface area contributed by atoms with Crippen molar-refractivity contribution in [2.45, 2.75) is 20.4 Å². The summed E-state index contributed by atoms with van der Waals surface area (Å²) in [5, 5.41) is 5.45. The van der Waals surface area contributed by atoms with Crippen LogP contribution in [0.15, 0.2) is 36.4 Å². The molecule has 19 heavy (non-hydrogen) atoms. The first kappa shape index (κ1) is 11.7. The van der Waals surface area contributed by atoms with E-state index in [0.717, 1.165) is 33.7 Å². The lowest BCUT2D eigenvalue weighted by Gasteiger charge is -2.07. The first-order chi connectivity index (χ1) is 9.13. The van der Waals surface area contributed by atoms with E-state index in [1.165, 1.54) is 0 Å². The van der Waals surface area contributed by atoms with Crippen LogP contribution < -0.4 is 5.73 Å². The largest absolute Gasteiger partial charge is 0.398 e. The first-order valence-electron chi connectivity index (χ1n) is 6.28. The molecule has 0 unspecified atom stereocenters. The Morgan fingerprint density at radius 2 is 1.95 bits per heavy atom. The Morgan fingerprint density at radius 1 is 1.16 bits per heavy atom. The molecule has 2 N–H and O–H groups in total. The van der Waals surface area contributed by atoms with Crippen LogP contribution >= 0.6 is 0 Å². The maximum atomic E-state index is 6.08. The highest BCUT2D eigenvalue weighted by molar-refractivity contribution is 5.90. The number of fused-ring (bicyclic) bond motifs is 1. The summed E-state index contributed by atoms with van der Waals surface area (Å²) in [7, 11) is 0. The quantitative estimate of drug-likeness (QED) is 0.763. The molecule has 3 aromatic rings. The second kappa shape index (κ2) is 4.39. The number of hydrogen-bond donors (Lipinski definition) is 1. The van der Waals surface area contributed by atoms with E-state index in [1.807, 2.05) is 48.9 Å². The van der Waals surface area contributed by atoms with Crippen LogP contribution in [0, 0.1) is 13.8 Å². The molecule has 0 atom stereocenters. The van der Waals surface area contributed by atoms with Gasteiger partial charge in [0.15, 0.2) is 0 Å². The molecule has 0 aliphatic heterocycles. The Bertz CT molecular complexity index is 743. The van der Waals surface area contributed by atoms with Crippen molar-refractivity contribution in [3.8, 4) is 0 Å². The minimum Gasteiger partial charge on any atom is -0.398 e. The molecule has 3 rings (SSSR count). The second-order valence-corrected chi connectivity index (χ2v) is 4.80. The number of aryl methyl sites for hydroxylation is 2. The van der Waals surface area contributed by atoms with E-state index in [9.17, 15) is 0 Å². The maximum absolute atomic E-state index is 6.08. The molecule has 96 valence electrons. The number of nitrogens with zero attached hydrogens (tertiary/aromatic N) is 3. The molecule has 0 amide bonds. The van der Waals surface area contributed by atoms with Gasteiger partial charge in [-0.05, 0) is 32.0 Å². The van der Waals surface area contributed by atoms with Gasteiger partial charge in [-0.15, -0.1) is 0 Å². The van der Waals surface area contributed by atoms with Gasteiger partial charge in [0.1, 0.15) is 0 Å². The number of aromatic nitrogens is 3. The second-order valence-electron chi connectivity index (χ2n) is 4.80. The van der Waals surface area contributed by atoms with Gasteiger partial charge in [0.25, 0.3) is 0 Å². The van der Waals surface area contributed by atoms with E-state index < -0.39 is 0 Å². The summed E-state index contributed by atoms with van der Waals surface area (Å²) in [4.78, 5) is 4.64. The maximum Gasteiger partial charge on any atom is 0.0835 e. The molecule has 0 fully saturated rings. The lowest BCUT2D eigenvalue weighted by molar-refractivity contribution is 0.649. The number of anilines is 1. The minimum atomic E-state index is 0.648. The van der Waals surface area contributed by atoms with Gasteiger partial charge in [-0.25, -0.2) is 0 Å². The number of nitrogens with two attached hydrogens (primary N) is 1. The van der Waals surface area contributed by atoms with Crippen LogP contribution in [0.25, 0.3) is 10.9 Å². The van der Waals surface area contributed by atoms with Crippen molar-refractivity contribution in [3.63, 3.8) is 0 Å². The fourth-order valence-electron chi connectivity index (χ4n) is 2.33. The van der Waals surface area contributed by atoms with Gasteiger partial charge in [-0.1, -0.05) is 18.2 Å². The number of para-hydroxylation sites is 1. The molecule has 2 heterocycles. The molecule has 4 nitrogen and oxygen atoms in total. The fraction of sp³-hybridized carbons (Fsp3) is 0.200. The highest BCUT2D eigenvalue weighted by Crippen LogP contribution is 2.20. The van der Waals surface area contributed by atoms with Crippen LogP contribution in [-0.2, 0) is 6.54 Å². The Labute approximate surface area is 111 Å². The summed E-state index contributed by atoms with van der Waals surface area (Å²) in [5.74, 6) is 0. The topological polar surface area (TPSA) is 56.7 Å². The fourth-order valence-corrected chi connectivity index (χ4v) is 2.33. The average molecular weight is 252 g/mol. The Hall–Kier alpha value is -2.36. The van der Waals surface area contributed by atoms with Crippen LogP contribution in [0.3, 0.4) is 0 Å². The molecule has 4 heteroatoms. The zero-order valence-corrected chi connectivity index (χ0v) is 11.1. The third-order valence-corrected chi connectivity index (χ3v) is 3.22. The molecular weight excluding hydrogens is 236 g/mol. The van der Waals surface area contributed by atoms with Gasteiger partial charge in [0.05, 0.1) is 23.4 Å². The Morgan fingerprint density at radius 3 is 2.68 bits per heavy atom. The Balaban J connectivity index is 2.04. The van der Waals surface area contributed by atoms with Gasteiger partial charge in [0, 0.05) is 16.8 Å². The van der Waals surface area contributed by atoms with Crippen molar-refractivity contribution in [2.24, 2.45) is 0 Å². The van der Waals surface area contributed by atoms with Crippen LogP contribution in [0.2, 0.25) is 0 Å². The average Bonchev–Trinajstić information content (AvgIpc) is 2.68. The Kier molecular flexibility index (Phi) is 2.71. The molecule has 0 aliphatic rings. The molecule has 0 saturated heterocycles. The number of nitrogen functional groups attached to an aromatic ring is 1. The first-order valence-corrected chi connectivity index (χ1v) is 6.28. The van der Waals surface area contributed by atoms with E-state index in [2.05, 4.69) is 16.1 Å². The molecular formula is C15H16N4. The number of rotatable bonds is 2. The normalized spacial score (nSPS) is 11.1. The smallest absolute Gasteiger partial charge is 0.0835 e. The molecule has 2 aromatic heterocycles. The third kappa shape index (κ3) is 2.17. The highest BCUT2D eigenvalue weighted by Gasteiger charge is 2.06. The predicted octanol–water partition coefficient (Wildman–Crippen LogP) is 2.68. The molecule has 0 spiro atoms. The van der Waals surface area contributed by atoms with E-state index in [0.29, 0.717) is 6.54 Å². The van der Waals surface area contributed by atoms with Crippen LogP contribution in [0.1, 0.15) is 17.1 Å².